The Balaban J connectivity index is 1.92. The molecule has 0 fully saturated rings. The number of anilines is 1. The summed E-state index contributed by atoms with van der Waals surface area (Å²) in [4.78, 5) is 20.6. The number of nitrogens with one attached hydrogen (secondary N) is 1. The van der Waals surface area contributed by atoms with Crippen LogP contribution < -0.4 is 11.1 Å². The number of nitrogens with two attached hydrogens (primary N) is 1. The quantitative estimate of drug-likeness (QED) is 0.493. The van der Waals surface area contributed by atoms with Crippen LogP contribution in [0.15, 0.2) is 29.4 Å². The van der Waals surface area contributed by atoms with E-state index < -0.39 is 0 Å². The summed E-state index contributed by atoms with van der Waals surface area (Å²) in [6.07, 6.45) is 1.91. The van der Waals surface area contributed by atoms with Crippen molar-refractivity contribution in [2.45, 2.75) is 37.8 Å². The molecule has 2 rings (SSSR count). The van der Waals surface area contributed by atoms with Crippen molar-refractivity contribution in [1.29, 1.82) is 0 Å². The molecule has 1 unspecified atom stereocenters. The van der Waals surface area contributed by atoms with Gasteiger partial charge in [-0.1, -0.05) is 54.4 Å². The number of benzene rings is 1. The zero-order valence-electron chi connectivity index (χ0n) is 14.8. The zero-order valence-corrected chi connectivity index (χ0v) is 17.1. The van der Waals surface area contributed by atoms with Crippen LogP contribution in [0.3, 0.4) is 0 Å². The summed E-state index contributed by atoms with van der Waals surface area (Å²) in [5.74, 6) is 0.700. The summed E-state index contributed by atoms with van der Waals surface area (Å²) in [5, 5.41) is 4.70. The van der Waals surface area contributed by atoms with E-state index in [0.29, 0.717) is 27.6 Å². The molecule has 0 aliphatic heterocycles. The first-order valence-corrected chi connectivity index (χ1v) is 10.1. The monoisotopic (exact) mass is 412 g/mol. The molecule has 0 aliphatic rings. The molecular formula is C18H22Cl2N4OS. The Morgan fingerprint density at radius 3 is 2.73 bits per heavy atom. The fraction of sp³-hybridized carbons (Fsp3) is 0.389. The normalized spacial score (nSPS) is 12.0. The first-order chi connectivity index (χ1) is 12.4. The van der Waals surface area contributed by atoms with Crippen LogP contribution in [0.1, 0.15) is 36.9 Å². The van der Waals surface area contributed by atoms with E-state index in [1.807, 2.05) is 19.1 Å². The van der Waals surface area contributed by atoms with Crippen LogP contribution in [0.25, 0.3) is 0 Å². The first-order valence-electron chi connectivity index (χ1n) is 8.34. The van der Waals surface area contributed by atoms with E-state index in [1.165, 1.54) is 11.8 Å². The van der Waals surface area contributed by atoms with Crippen molar-refractivity contribution < 1.29 is 4.79 Å². The fourth-order valence-electron chi connectivity index (χ4n) is 2.60. The van der Waals surface area contributed by atoms with Gasteiger partial charge >= 0.3 is 0 Å². The van der Waals surface area contributed by atoms with Crippen LogP contribution in [0.4, 0.5) is 5.82 Å². The number of carbonyl (C=O) groups is 1. The number of nitrogen functional groups attached to an aromatic ring is 1. The second-order valence-corrected chi connectivity index (χ2v) is 7.75. The number of carbonyl (C=O) groups excluding carboxylic acids is 1. The lowest BCUT2D eigenvalue weighted by atomic mass is 9.94. The molecule has 1 amide bonds. The maximum atomic E-state index is 12.2. The molecule has 0 saturated carbocycles. The third kappa shape index (κ3) is 6.34. The Morgan fingerprint density at radius 2 is 2.08 bits per heavy atom. The molecule has 0 saturated heterocycles. The number of aryl methyl sites for hydroxylation is 1. The van der Waals surface area contributed by atoms with Gasteiger partial charge in [-0.2, -0.15) is 0 Å². The van der Waals surface area contributed by atoms with Gasteiger partial charge in [0, 0.05) is 34.3 Å². The Labute approximate surface area is 168 Å². The Bertz CT molecular complexity index is 753. The van der Waals surface area contributed by atoms with E-state index in [-0.39, 0.29) is 17.6 Å². The van der Waals surface area contributed by atoms with E-state index in [0.717, 1.165) is 24.1 Å². The number of hydrogen-bond acceptors (Lipinski definition) is 5. The van der Waals surface area contributed by atoms with Crippen LogP contribution in [-0.2, 0) is 4.79 Å². The van der Waals surface area contributed by atoms with Crippen molar-refractivity contribution in [3.05, 3.63) is 45.6 Å². The number of nitrogens with zero attached hydrogens (tertiary/aromatic N) is 2. The average molecular weight is 413 g/mol. The summed E-state index contributed by atoms with van der Waals surface area (Å²) >= 11 is 13.6. The number of rotatable bonds is 8. The van der Waals surface area contributed by atoms with Gasteiger partial charge in [0.15, 0.2) is 5.16 Å². The molecule has 1 heterocycles. The van der Waals surface area contributed by atoms with Crippen molar-refractivity contribution >= 4 is 46.7 Å². The lowest BCUT2D eigenvalue weighted by Crippen LogP contribution is -2.30. The molecule has 0 spiro atoms. The van der Waals surface area contributed by atoms with Gasteiger partial charge in [0.1, 0.15) is 5.82 Å². The van der Waals surface area contributed by atoms with Crippen LogP contribution in [0.5, 0.6) is 0 Å². The van der Waals surface area contributed by atoms with Gasteiger partial charge in [0.2, 0.25) is 5.91 Å². The largest absolute Gasteiger partial charge is 0.384 e. The van der Waals surface area contributed by atoms with E-state index in [4.69, 9.17) is 28.9 Å². The first kappa shape index (κ1) is 20.8. The summed E-state index contributed by atoms with van der Waals surface area (Å²) in [6.45, 7) is 4.47. The van der Waals surface area contributed by atoms with Gasteiger partial charge in [0.05, 0.1) is 5.75 Å². The molecule has 1 atom stereocenters. The minimum absolute atomic E-state index is 0.0788. The number of aromatic nitrogens is 2. The molecule has 5 nitrogen and oxygen atoms in total. The summed E-state index contributed by atoms with van der Waals surface area (Å²) in [6, 6.07) is 7.17. The second-order valence-electron chi connectivity index (χ2n) is 5.96. The maximum Gasteiger partial charge on any atom is 0.230 e. The number of halogens is 2. The lowest BCUT2D eigenvalue weighted by molar-refractivity contribution is -0.118. The van der Waals surface area contributed by atoms with Crippen LogP contribution in [0.2, 0.25) is 10.0 Å². The topological polar surface area (TPSA) is 80.9 Å². The molecule has 0 bridgehead atoms. The van der Waals surface area contributed by atoms with Crippen molar-refractivity contribution in [1.82, 2.24) is 15.3 Å². The maximum absolute atomic E-state index is 12.2. The lowest BCUT2D eigenvalue weighted by Gasteiger charge is -2.19. The number of thioether (sulfide) groups is 1. The Morgan fingerprint density at radius 1 is 1.31 bits per heavy atom. The minimum Gasteiger partial charge on any atom is -0.384 e. The van der Waals surface area contributed by atoms with Crippen molar-refractivity contribution in [2.24, 2.45) is 0 Å². The highest BCUT2D eigenvalue weighted by Crippen LogP contribution is 2.30. The standard InChI is InChI=1S/C18H22Cl2N4OS/c1-3-4-12(14-6-5-13(19)8-15(14)20)9-22-17(25)10-26-18-23-11(2)7-16(21)24-18/h5-8,12H,3-4,9-10H2,1-2H3,(H,22,25)(H2,21,23,24). The highest BCUT2D eigenvalue weighted by molar-refractivity contribution is 7.99. The van der Waals surface area contributed by atoms with Gasteiger partial charge < -0.3 is 11.1 Å². The fourth-order valence-corrected chi connectivity index (χ4v) is 3.90. The molecule has 0 aliphatic carbocycles. The Hall–Kier alpha value is -1.50. The minimum atomic E-state index is -0.0788. The number of amides is 1. The molecule has 0 radical (unpaired) electrons. The molecular weight excluding hydrogens is 391 g/mol. The van der Waals surface area contributed by atoms with Gasteiger partial charge in [-0.15, -0.1) is 0 Å². The van der Waals surface area contributed by atoms with Crippen molar-refractivity contribution in [2.75, 3.05) is 18.0 Å². The zero-order chi connectivity index (χ0) is 19.1. The van der Waals surface area contributed by atoms with Crippen LogP contribution in [0, 0.1) is 6.92 Å². The molecule has 26 heavy (non-hydrogen) atoms. The predicted molar refractivity (Wildman–Crippen MR) is 109 cm³/mol. The predicted octanol–water partition coefficient (Wildman–Crippen LogP) is 4.47. The summed E-state index contributed by atoms with van der Waals surface area (Å²) < 4.78 is 0. The highest BCUT2D eigenvalue weighted by atomic mass is 35.5. The van der Waals surface area contributed by atoms with E-state index in [1.54, 1.807) is 12.1 Å². The van der Waals surface area contributed by atoms with Crippen molar-refractivity contribution in [3.63, 3.8) is 0 Å². The molecule has 3 N–H and O–H groups in total. The van der Waals surface area contributed by atoms with Gasteiger partial charge in [-0.05, 0) is 31.0 Å². The average Bonchev–Trinajstić information content (AvgIpc) is 2.56. The smallest absolute Gasteiger partial charge is 0.230 e. The second kappa shape index (κ2) is 10.00. The molecule has 1 aromatic carbocycles. The third-order valence-corrected chi connectivity index (χ3v) is 5.18. The van der Waals surface area contributed by atoms with Crippen LogP contribution >= 0.6 is 35.0 Å². The molecule has 1 aromatic heterocycles. The van der Waals surface area contributed by atoms with Crippen LogP contribution in [-0.4, -0.2) is 28.2 Å². The van der Waals surface area contributed by atoms with Gasteiger partial charge in [-0.25, -0.2) is 9.97 Å². The van der Waals surface area contributed by atoms with Crippen molar-refractivity contribution in [3.8, 4) is 0 Å². The van der Waals surface area contributed by atoms with Gasteiger partial charge in [0.25, 0.3) is 0 Å². The van der Waals surface area contributed by atoms with E-state index >= 15 is 0 Å². The SMILES string of the molecule is CCCC(CNC(=O)CSc1nc(C)cc(N)n1)c1ccc(Cl)cc1Cl. The van der Waals surface area contributed by atoms with Gasteiger partial charge in [-0.3, -0.25) is 4.79 Å². The Kier molecular flexibility index (Phi) is 8.00. The third-order valence-electron chi connectivity index (χ3n) is 3.77. The molecule has 8 heteroatoms. The molecule has 140 valence electrons. The highest BCUT2D eigenvalue weighted by Gasteiger charge is 2.16. The summed E-state index contributed by atoms with van der Waals surface area (Å²) in [5.41, 5.74) is 7.48. The summed E-state index contributed by atoms with van der Waals surface area (Å²) in [7, 11) is 0. The van der Waals surface area contributed by atoms with E-state index in [2.05, 4.69) is 22.2 Å². The van der Waals surface area contributed by atoms with E-state index in [9.17, 15) is 4.79 Å². The molecule has 2 aromatic rings. The number of hydrogen-bond donors (Lipinski definition) is 2.